The Labute approximate surface area is 114 Å². The minimum Gasteiger partial charge on any atom is -0.357 e. The van der Waals surface area contributed by atoms with Gasteiger partial charge in [0.1, 0.15) is 5.82 Å². The Bertz CT molecular complexity index is 398. The van der Waals surface area contributed by atoms with Crippen LogP contribution in [0.15, 0.2) is 18.3 Å². The molecule has 0 bridgehead atoms. The standard InChI is InChI=1S/C14H22N4O/c1-2-15-7-8-16-14(19)12-5-6-13(17-11-12)18-9-3-4-10-18/h5-6,11,15H,2-4,7-10H2,1H3,(H,16,19). The van der Waals surface area contributed by atoms with Gasteiger partial charge in [-0.2, -0.15) is 0 Å². The second-order valence-corrected chi connectivity index (χ2v) is 4.71. The summed E-state index contributed by atoms with van der Waals surface area (Å²) in [6.45, 7) is 6.54. The lowest BCUT2D eigenvalue weighted by Crippen LogP contribution is -2.31. The Hall–Kier alpha value is -1.62. The predicted octanol–water partition coefficient (Wildman–Crippen LogP) is 1.02. The largest absolute Gasteiger partial charge is 0.357 e. The predicted molar refractivity (Wildman–Crippen MR) is 76.6 cm³/mol. The third kappa shape index (κ3) is 3.92. The van der Waals surface area contributed by atoms with Gasteiger partial charge in [0.15, 0.2) is 0 Å². The Kier molecular flexibility index (Phi) is 5.15. The summed E-state index contributed by atoms with van der Waals surface area (Å²) in [5.74, 6) is 0.917. The number of hydrogen-bond donors (Lipinski definition) is 2. The quantitative estimate of drug-likeness (QED) is 0.752. The molecule has 1 aliphatic rings. The minimum absolute atomic E-state index is 0.0571. The molecule has 0 saturated carbocycles. The van der Waals surface area contributed by atoms with E-state index in [1.165, 1.54) is 12.8 Å². The lowest BCUT2D eigenvalue weighted by atomic mass is 10.2. The van der Waals surface area contributed by atoms with Crippen LogP contribution in [0.5, 0.6) is 0 Å². The van der Waals surface area contributed by atoms with E-state index >= 15 is 0 Å². The third-order valence-corrected chi connectivity index (χ3v) is 3.28. The Morgan fingerprint density at radius 2 is 2.11 bits per heavy atom. The van der Waals surface area contributed by atoms with Crippen molar-refractivity contribution in [2.75, 3.05) is 37.6 Å². The highest BCUT2D eigenvalue weighted by Crippen LogP contribution is 2.17. The molecule has 5 nitrogen and oxygen atoms in total. The van der Waals surface area contributed by atoms with E-state index in [-0.39, 0.29) is 5.91 Å². The lowest BCUT2D eigenvalue weighted by Gasteiger charge is -2.16. The van der Waals surface area contributed by atoms with Crippen molar-refractivity contribution in [3.63, 3.8) is 0 Å². The van der Waals surface area contributed by atoms with Crippen LogP contribution in [-0.2, 0) is 0 Å². The van der Waals surface area contributed by atoms with E-state index in [0.717, 1.165) is 32.0 Å². The molecule has 1 amide bonds. The van der Waals surface area contributed by atoms with Crippen LogP contribution in [0.3, 0.4) is 0 Å². The van der Waals surface area contributed by atoms with Gasteiger partial charge >= 0.3 is 0 Å². The number of likely N-dealkylation sites (N-methyl/N-ethyl adjacent to an activating group) is 1. The van der Waals surface area contributed by atoms with Crippen molar-refractivity contribution in [2.24, 2.45) is 0 Å². The molecule has 0 unspecified atom stereocenters. The van der Waals surface area contributed by atoms with Crippen molar-refractivity contribution < 1.29 is 4.79 Å². The molecule has 5 heteroatoms. The summed E-state index contributed by atoms with van der Waals surface area (Å²) in [5.41, 5.74) is 0.624. The summed E-state index contributed by atoms with van der Waals surface area (Å²) in [6, 6.07) is 3.79. The highest BCUT2D eigenvalue weighted by atomic mass is 16.1. The van der Waals surface area contributed by atoms with Gasteiger partial charge < -0.3 is 15.5 Å². The summed E-state index contributed by atoms with van der Waals surface area (Å²) in [6.07, 6.45) is 4.12. The van der Waals surface area contributed by atoms with Crippen LogP contribution in [0.25, 0.3) is 0 Å². The molecule has 2 heterocycles. The van der Waals surface area contributed by atoms with E-state index in [1.807, 2.05) is 19.1 Å². The summed E-state index contributed by atoms with van der Waals surface area (Å²) in [5, 5.41) is 6.03. The first-order valence-electron chi connectivity index (χ1n) is 7.01. The Morgan fingerprint density at radius 3 is 2.74 bits per heavy atom. The van der Waals surface area contributed by atoms with Gasteiger partial charge in [-0.25, -0.2) is 4.98 Å². The zero-order valence-corrected chi connectivity index (χ0v) is 11.5. The zero-order valence-electron chi connectivity index (χ0n) is 11.5. The maximum atomic E-state index is 11.8. The van der Waals surface area contributed by atoms with E-state index in [9.17, 15) is 4.79 Å². The Balaban J connectivity index is 1.85. The van der Waals surface area contributed by atoms with Gasteiger partial charge in [-0.15, -0.1) is 0 Å². The third-order valence-electron chi connectivity index (χ3n) is 3.28. The fourth-order valence-corrected chi connectivity index (χ4v) is 2.20. The Morgan fingerprint density at radius 1 is 1.32 bits per heavy atom. The van der Waals surface area contributed by atoms with Gasteiger partial charge in [-0.3, -0.25) is 4.79 Å². The van der Waals surface area contributed by atoms with Gasteiger partial charge in [0.2, 0.25) is 0 Å². The molecule has 0 spiro atoms. The van der Waals surface area contributed by atoms with Crippen LogP contribution >= 0.6 is 0 Å². The topological polar surface area (TPSA) is 57.3 Å². The van der Waals surface area contributed by atoms with Crippen LogP contribution in [0, 0.1) is 0 Å². The van der Waals surface area contributed by atoms with Crippen LogP contribution in [-0.4, -0.2) is 43.6 Å². The van der Waals surface area contributed by atoms with Crippen LogP contribution in [0.2, 0.25) is 0 Å². The van der Waals surface area contributed by atoms with Crippen LogP contribution in [0.1, 0.15) is 30.1 Å². The monoisotopic (exact) mass is 262 g/mol. The number of anilines is 1. The molecule has 2 N–H and O–H groups in total. The highest BCUT2D eigenvalue weighted by Gasteiger charge is 2.14. The smallest absolute Gasteiger partial charge is 0.252 e. The van der Waals surface area contributed by atoms with Crippen molar-refractivity contribution >= 4 is 11.7 Å². The first-order chi connectivity index (χ1) is 9.31. The molecule has 104 valence electrons. The molecule has 1 saturated heterocycles. The molecule has 0 atom stereocenters. The van der Waals surface area contributed by atoms with Gasteiger partial charge in [-0.1, -0.05) is 6.92 Å². The number of amides is 1. The number of hydrogen-bond acceptors (Lipinski definition) is 4. The maximum Gasteiger partial charge on any atom is 0.252 e. The van der Waals surface area contributed by atoms with E-state index in [1.54, 1.807) is 6.20 Å². The van der Waals surface area contributed by atoms with Crippen LogP contribution in [0.4, 0.5) is 5.82 Å². The molecule has 0 radical (unpaired) electrons. The van der Waals surface area contributed by atoms with Crippen molar-refractivity contribution in [1.82, 2.24) is 15.6 Å². The molecule has 0 aliphatic carbocycles. The number of rotatable bonds is 6. The molecular weight excluding hydrogens is 240 g/mol. The van der Waals surface area contributed by atoms with Crippen molar-refractivity contribution in [3.05, 3.63) is 23.9 Å². The number of carbonyl (C=O) groups is 1. The van der Waals surface area contributed by atoms with Gasteiger partial charge in [0.05, 0.1) is 5.56 Å². The van der Waals surface area contributed by atoms with E-state index in [4.69, 9.17) is 0 Å². The van der Waals surface area contributed by atoms with E-state index in [2.05, 4.69) is 20.5 Å². The van der Waals surface area contributed by atoms with Gasteiger partial charge in [0.25, 0.3) is 5.91 Å². The fourth-order valence-electron chi connectivity index (χ4n) is 2.20. The zero-order chi connectivity index (χ0) is 13.5. The molecular formula is C14H22N4O. The average Bonchev–Trinajstić information content (AvgIpc) is 2.98. The molecule has 1 aromatic rings. The first-order valence-corrected chi connectivity index (χ1v) is 7.01. The van der Waals surface area contributed by atoms with E-state index < -0.39 is 0 Å². The summed E-state index contributed by atoms with van der Waals surface area (Å²) < 4.78 is 0. The van der Waals surface area contributed by atoms with Gasteiger partial charge in [0, 0.05) is 32.4 Å². The molecule has 1 fully saturated rings. The molecule has 1 aliphatic heterocycles. The maximum absolute atomic E-state index is 11.8. The van der Waals surface area contributed by atoms with E-state index in [0.29, 0.717) is 12.1 Å². The first kappa shape index (κ1) is 13.8. The van der Waals surface area contributed by atoms with Crippen molar-refractivity contribution in [2.45, 2.75) is 19.8 Å². The van der Waals surface area contributed by atoms with Crippen molar-refractivity contribution in [1.29, 1.82) is 0 Å². The molecule has 2 rings (SSSR count). The SMILES string of the molecule is CCNCCNC(=O)c1ccc(N2CCCC2)nc1. The van der Waals surface area contributed by atoms with Gasteiger partial charge in [-0.05, 0) is 31.5 Å². The number of carbonyl (C=O) groups excluding carboxylic acids is 1. The number of nitrogens with one attached hydrogen (secondary N) is 2. The minimum atomic E-state index is -0.0571. The molecule has 0 aromatic carbocycles. The summed E-state index contributed by atoms with van der Waals surface area (Å²) in [7, 11) is 0. The summed E-state index contributed by atoms with van der Waals surface area (Å²) >= 11 is 0. The lowest BCUT2D eigenvalue weighted by molar-refractivity contribution is 0.0953. The highest BCUT2D eigenvalue weighted by molar-refractivity contribution is 5.94. The van der Waals surface area contributed by atoms with Crippen LogP contribution < -0.4 is 15.5 Å². The summed E-state index contributed by atoms with van der Waals surface area (Å²) in [4.78, 5) is 18.5. The average molecular weight is 262 g/mol. The second-order valence-electron chi connectivity index (χ2n) is 4.71. The normalized spacial score (nSPS) is 14.7. The number of pyridine rings is 1. The second kappa shape index (κ2) is 7.09. The fraction of sp³-hybridized carbons (Fsp3) is 0.571. The molecule has 1 aromatic heterocycles. The number of aromatic nitrogens is 1. The molecule has 19 heavy (non-hydrogen) atoms. The number of nitrogens with zero attached hydrogens (tertiary/aromatic N) is 2. The van der Waals surface area contributed by atoms with Crippen molar-refractivity contribution in [3.8, 4) is 0 Å².